The van der Waals surface area contributed by atoms with Gasteiger partial charge in [0.2, 0.25) is 0 Å². The lowest BCUT2D eigenvalue weighted by atomic mass is 10.00. The van der Waals surface area contributed by atoms with Crippen LogP contribution in [-0.2, 0) is 11.8 Å². The molecule has 0 N–H and O–H groups in total. The second-order valence-electron chi connectivity index (χ2n) is 4.86. The van der Waals surface area contributed by atoms with Crippen molar-refractivity contribution in [1.82, 2.24) is 9.78 Å². The molecule has 0 bridgehead atoms. The Morgan fingerprint density at radius 2 is 2.12 bits per heavy atom. The average Bonchev–Trinajstić information content (AvgIpc) is 3.00. The lowest BCUT2D eigenvalue weighted by molar-refractivity contribution is -0.109. The molecule has 0 saturated heterocycles. The first-order valence-corrected chi connectivity index (χ1v) is 6.11. The molecule has 1 aliphatic rings. The van der Waals surface area contributed by atoms with Crippen molar-refractivity contribution < 1.29 is 4.79 Å². The molecule has 0 aromatic carbocycles. The number of hydrogen-bond acceptors (Lipinski definition) is 2. The van der Waals surface area contributed by atoms with Crippen molar-refractivity contribution in [3.63, 3.8) is 0 Å². The number of nitrogens with zero attached hydrogens (tertiary/aromatic N) is 2. The molecule has 1 aromatic rings. The minimum absolute atomic E-state index is 0.0718. The number of aldehydes is 1. The van der Waals surface area contributed by atoms with Gasteiger partial charge in [-0.1, -0.05) is 25.4 Å². The Balaban J connectivity index is 2.42. The Labute approximate surface area is 101 Å². The highest BCUT2D eigenvalue weighted by molar-refractivity contribution is 6.32. The molecule has 88 valence electrons. The third-order valence-corrected chi connectivity index (χ3v) is 3.58. The van der Waals surface area contributed by atoms with Crippen LogP contribution in [0, 0.1) is 5.92 Å². The van der Waals surface area contributed by atoms with E-state index in [1.165, 1.54) is 0 Å². The molecule has 0 radical (unpaired) electrons. The molecule has 1 unspecified atom stereocenters. The second kappa shape index (κ2) is 4.21. The molecule has 1 atom stereocenters. The highest BCUT2D eigenvalue weighted by atomic mass is 35.5. The first-order chi connectivity index (χ1) is 7.56. The molecule has 3 nitrogen and oxygen atoms in total. The first-order valence-electron chi connectivity index (χ1n) is 5.73. The van der Waals surface area contributed by atoms with E-state index in [0.29, 0.717) is 16.9 Å². The zero-order valence-corrected chi connectivity index (χ0v) is 10.7. The van der Waals surface area contributed by atoms with Gasteiger partial charge < -0.3 is 4.79 Å². The highest BCUT2D eigenvalue weighted by Crippen LogP contribution is 2.44. The van der Waals surface area contributed by atoms with E-state index in [1.807, 2.05) is 7.05 Å². The molecule has 0 spiro atoms. The van der Waals surface area contributed by atoms with Crippen LogP contribution in [0.1, 0.15) is 49.9 Å². The number of rotatable bonds is 4. The summed E-state index contributed by atoms with van der Waals surface area (Å²) in [6, 6.07) is 0. The van der Waals surface area contributed by atoms with E-state index in [4.69, 9.17) is 11.6 Å². The zero-order valence-electron chi connectivity index (χ0n) is 9.90. The Bertz CT molecular complexity index is 407. The summed E-state index contributed by atoms with van der Waals surface area (Å²) in [5.74, 6) is 0.696. The molecule has 4 heteroatoms. The second-order valence-corrected chi connectivity index (χ2v) is 5.24. The van der Waals surface area contributed by atoms with Crippen molar-refractivity contribution in [3.05, 3.63) is 16.4 Å². The summed E-state index contributed by atoms with van der Waals surface area (Å²) >= 11 is 6.33. The van der Waals surface area contributed by atoms with Crippen molar-refractivity contribution in [2.45, 2.75) is 38.5 Å². The molecule has 1 aliphatic carbocycles. The standard InChI is InChI=1S/C12H17ClN2O/c1-7(2)11-10(13)12(15(3)14-11)9(6-16)8-4-5-8/h6-9H,4-5H2,1-3H3. The largest absolute Gasteiger partial charge is 0.303 e. The summed E-state index contributed by atoms with van der Waals surface area (Å²) in [6.07, 6.45) is 3.27. The van der Waals surface area contributed by atoms with Crippen molar-refractivity contribution >= 4 is 17.9 Å². The number of carbonyl (C=O) groups excluding carboxylic acids is 1. The van der Waals surface area contributed by atoms with Gasteiger partial charge in [0.15, 0.2) is 0 Å². The summed E-state index contributed by atoms with van der Waals surface area (Å²) in [6.45, 7) is 4.12. The molecule has 1 saturated carbocycles. The fourth-order valence-electron chi connectivity index (χ4n) is 2.12. The molecule has 0 aliphatic heterocycles. The van der Waals surface area contributed by atoms with Gasteiger partial charge in [0, 0.05) is 7.05 Å². The number of carbonyl (C=O) groups is 1. The summed E-state index contributed by atoms with van der Waals surface area (Å²) in [5.41, 5.74) is 1.79. The summed E-state index contributed by atoms with van der Waals surface area (Å²) in [7, 11) is 1.87. The maximum Gasteiger partial charge on any atom is 0.129 e. The van der Waals surface area contributed by atoms with E-state index in [0.717, 1.165) is 30.5 Å². The van der Waals surface area contributed by atoms with Gasteiger partial charge in [-0.25, -0.2) is 0 Å². The van der Waals surface area contributed by atoms with Gasteiger partial charge in [-0.3, -0.25) is 4.68 Å². The molecule has 0 amide bonds. The predicted molar refractivity (Wildman–Crippen MR) is 63.8 cm³/mol. The van der Waals surface area contributed by atoms with E-state index in [2.05, 4.69) is 18.9 Å². The van der Waals surface area contributed by atoms with E-state index in [1.54, 1.807) is 4.68 Å². The first kappa shape index (κ1) is 11.6. The van der Waals surface area contributed by atoms with Crippen LogP contribution < -0.4 is 0 Å². The molecule has 1 aromatic heterocycles. The van der Waals surface area contributed by atoms with Gasteiger partial charge in [-0.05, 0) is 24.7 Å². The third-order valence-electron chi connectivity index (χ3n) is 3.20. The van der Waals surface area contributed by atoms with Gasteiger partial charge in [0.25, 0.3) is 0 Å². The third kappa shape index (κ3) is 1.88. The van der Waals surface area contributed by atoms with Crippen molar-refractivity contribution in [2.75, 3.05) is 0 Å². The van der Waals surface area contributed by atoms with Crippen LogP contribution in [0.25, 0.3) is 0 Å². The Morgan fingerprint density at radius 3 is 2.50 bits per heavy atom. The van der Waals surface area contributed by atoms with Crippen LogP contribution in [0.3, 0.4) is 0 Å². The quantitative estimate of drug-likeness (QED) is 0.759. The number of hydrogen-bond donors (Lipinski definition) is 0. The van der Waals surface area contributed by atoms with Crippen LogP contribution in [0.4, 0.5) is 0 Å². The summed E-state index contributed by atoms with van der Waals surface area (Å²) in [4.78, 5) is 11.2. The maximum absolute atomic E-state index is 11.2. The van der Waals surface area contributed by atoms with Crippen LogP contribution in [0.2, 0.25) is 5.02 Å². The summed E-state index contributed by atoms with van der Waals surface area (Å²) in [5, 5.41) is 5.10. The van der Waals surface area contributed by atoms with Crippen LogP contribution >= 0.6 is 11.6 Å². The van der Waals surface area contributed by atoms with Gasteiger partial charge >= 0.3 is 0 Å². The van der Waals surface area contributed by atoms with Crippen molar-refractivity contribution in [1.29, 1.82) is 0 Å². The van der Waals surface area contributed by atoms with Crippen LogP contribution in [-0.4, -0.2) is 16.1 Å². The SMILES string of the molecule is CC(C)c1nn(C)c(C(C=O)C2CC2)c1Cl. The van der Waals surface area contributed by atoms with E-state index in [9.17, 15) is 4.79 Å². The Kier molecular flexibility index (Phi) is 3.06. The topological polar surface area (TPSA) is 34.9 Å². The Morgan fingerprint density at radius 1 is 1.50 bits per heavy atom. The van der Waals surface area contributed by atoms with Crippen molar-refractivity contribution in [2.24, 2.45) is 13.0 Å². The number of halogens is 1. The van der Waals surface area contributed by atoms with Gasteiger partial charge in [-0.2, -0.15) is 5.10 Å². The van der Waals surface area contributed by atoms with E-state index in [-0.39, 0.29) is 5.92 Å². The smallest absolute Gasteiger partial charge is 0.129 e. The van der Waals surface area contributed by atoms with Crippen LogP contribution in [0.15, 0.2) is 0 Å². The fraction of sp³-hybridized carbons (Fsp3) is 0.667. The number of aromatic nitrogens is 2. The lowest BCUT2D eigenvalue weighted by Gasteiger charge is -2.09. The predicted octanol–water partition coefficient (Wildman–Crippen LogP) is 2.89. The van der Waals surface area contributed by atoms with Gasteiger partial charge in [-0.15, -0.1) is 0 Å². The highest BCUT2D eigenvalue weighted by Gasteiger charge is 2.36. The molecule has 2 rings (SSSR count). The molecular weight excluding hydrogens is 224 g/mol. The fourth-order valence-corrected chi connectivity index (χ4v) is 2.62. The average molecular weight is 241 g/mol. The van der Waals surface area contributed by atoms with E-state index >= 15 is 0 Å². The zero-order chi connectivity index (χ0) is 11.9. The van der Waals surface area contributed by atoms with E-state index < -0.39 is 0 Å². The lowest BCUT2D eigenvalue weighted by Crippen LogP contribution is -2.09. The minimum Gasteiger partial charge on any atom is -0.303 e. The maximum atomic E-state index is 11.2. The molecular formula is C12H17ClN2O. The normalized spacial score (nSPS) is 17.8. The van der Waals surface area contributed by atoms with Crippen molar-refractivity contribution in [3.8, 4) is 0 Å². The van der Waals surface area contributed by atoms with Gasteiger partial charge in [0.05, 0.1) is 22.3 Å². The molecule has 16 heavy (non-hydrogen) atoms. The molecule has 1 heterocycles. The number of aryl methyl sites for hydroxylation is 1. The van der Waals surface area contributed by atoms with Crippen LogP contribution in [0.5, 0.6) is 0 Å². The summed E-state index contributed by atoms with van der Waals surface area (Å²) < 4.78 is 1.77. The minimum atomic E-state index is -0.0718. The monoisotopic (exact) mass is 240 g/mol. The van der Waals surface area contributed by atoms with Gasteiger partial charge in [0.1, 0.15) is 6.29 Å². The Hall–Kier alpha value is -0.830. The molecule has 1 fully saturated rings.